The van der Waals surface area contributed by atoms with Crippen LogP contribution in [0.4, 0.5) is 17.1 Å². The molecule has 0 unspecified atom stereocenters. The normalized spacial score (nSPS) is 13.1. The molecule has 1 saturated heterocycles. The third kappa shape index (κ3) is 6.80. The number of para-hydroxylation sites is 3. The molecule has 0 saturated carbocycles. The van der Waals surface area contributed by atoms with Crippen molar-refractivity contribution in [2.45, 2.75) is 6.42 Å². The lowest BCUT2D eigenvalue weighted by atomic mass is 10.1. The zero-order valence-corrected chi connectivity index (χ0v) is 22.7. The van der Waals surface area contributed by atoms with Crippen molar-refractivity contribution < 1.29 is 23.8 Å². The summed E-state index contributed by atoms with van der Waals surface area (Å²) in [6.07, 6.45) is 0.708. The van der Waals surface area contributed by atoms with Gasteiger partial charge in [-0.1, -0.05) is 24.3 Å². The van der Waals surface area contributed by atoms with E-state index in [1.54, 1.807) is 38.5 Å². The summed E-state index contributed by atoms with van der Waals surface area (Å²) in [6.45, 7) is 4.07. The van der Waals surface area contributed by atoms with Crippen LogP contribution in [0.15, 0.2) is 66.7 Å². The number of hydrogen-bond donors (Lipinski definition) is 2. The molecule has 0 aromatic heterocycles. The van der Waals surface area contributed by atoms with Gasteiger partial charge in [0.1, 0.15) is 11.5 Å². The Hall–Kier alpha value is -4.24. The standard InChI is InChI=1S/C30H36N4O5/c1-37-20-8-15-31-29(35)24-21-22(32-30(36)23-9-4-6-11-27(23)38-2)13-14-25(24)33-16-18-34(19-17-33)26-10-5-7-12-28(26)39-3/h4-7,9-14,21H,8,15-20H2,1-3H3,(H,31,35)(H,32,36). The zero-order chi connectivity index (χ0) is 27.6. The highest BCUT2D eigenvalue weighted by atomic mass is 16.5. The predicted octanol–water partition coefficient (Wildman–Crippen LogP) is 4.05. The first kappa shape index (κ1) is 27.8. The summed E-state index contributed by atoms with van der Waals surface area (Å²) >= 11 is 0. The van der Waals surface area contributed by atoms with E-state index < -0.39 is 0 Å². The van der Waals surface area contributed by atoms with Crippen LogP contribution in [0, 0.1) is 0 Å². The monoisotopic (exact) mass is 532 g/mol. The molecular weight excluding hydrogens is 496 g/mol. The van der Waals surface area contributed by atoms with Crippen LogP contribution < -0.4 is 29.9 Å². The van der Waals surface area contributed by atoms with E-state index in [1.807, 2.05) is 36.4 Å². The molecule has 0 radical (unpaired) electrons. The minimum Gasteiger partial charge on any atom is -0.496 e. The molecule has 3 aromatic rings. The summed E-state index contributed by atoms with van der Waals surface area (Å²) in [6, 6.07) is 20.5. The Bertz CT molecular complexity index is 1270. The van der Waals surface area contributed by atoms with Gasteiger partial charge in [-0.3, -0.25) is 9.59 Å². The second-order valence-electron chi connectivity index (χ2n) is 9.13. The van der Waals surface area contributed by atoms with Crippen molar-refractivity contribution >= 4 is 28.9 Å². The summed E-state index contributed by atoms with van der Waals surface area (Å²) < 4.78 is 16.0. The van der Waals surface area contributed by atoms with Crippen LogP contribution in [0.2, 0.25) is 0 Å². The molecule has 0 aliphatic carbocycles. The summed E-state index contributed by atoms with van der Waals surface area (Å²) in [5.41, 5.74) is 3.35. The third-order valence-corrected chi connectivity index (χ3v) is 6.71. The number of piperazine rings is 1. The maximum Gasteiger partial charge on any atom is 0.259 e. The maximum atomic E-state index is 13.3. The third-order valence-electron chi connectivity index (χ3n) is 6.71. The van der Waals surface area contributed by atoms with E-state index in [1.165, 1.54) is 7.11 Å². The summed E-state index contributed by atoms with van der Waals surface area (Å²) in [7, 11) is 4.85. The van der Waals surface area contributed by atoms with E-state index in [4.69, 9.17) is 14.2 Å². The van der Waals surface area contributed by atoms with Crippen molar-refractivity contribution in [3.63, 3.8) is 0 Å². The molecular formula is C30H36N4O5. The van der Waals surface area contributed by atoms with E-state index in [0.29, 0.717) is 42.1 Å². The fourth-order valence-corrected chi connectivity index (χ4v) is 4.70. The van der Waals surface area contributed by atoms with E-state index in [2.05, 4.69) is 26.5 Å². The van der Waals surface area contributed by atoms with Gasteiger partial charge < -0.3 is 34.6 Å². The Balaban J connectivity index is 1.54. The molecule has 206 valence electrons. The van der Waals surface area contributed by atoms with Gasteiger partial charge in [0.25, 0.3) is 11.8 Å². The Morgan fingerprint density at radius 1 is 0.744 bits per heavy atom. The first-order valence-electron chi connectivity index (χ1n) is 13.0. The predicted molar refractivity (Wildman–Crippen MR) is 154 cm³/mol. The van der Waals surface area contributed by atoms with Gasteiger partial charge in [-0.15, -0.1) is 0 Å². The van der Waals surface area contributed by atoms with Gasteiger partial charge in [0.15, 0.2) is 0 Å². The SMILES string of the molecule is COCCCNC(=O)c1cc(NC(=O)c2ccccc2OC)ccc1N1CCN(c2ccccc2OC)CC1. The lowest BCUT2D eigenvalue weighted by Crippen LogP contribution is -2.47. The molecule has 2 N–H and O–H groups in total. The molecule has 3 aromatic carbocycles. The number of methoxy groups -OCH3 is 3. The van der Waals surface area contributed by atoms with Crippen LogP contribution in [0.5, 0.6) is 11.5 Å². The van der Waals surface area contributed by atoms with E-state index in [0.717, 1.165) is 43.3 Å². The number of amides is 2. The van der Waals surface area contributed by atoms with E-state index >= 15 is 0 Å². The molecule has 0 spiro atoms. The van der Waals surface area contributed by atoms with E-state index in [9.17, 15) is 9.59 Å². The molecule has 1 heterocycles. The van der Waals surface area contributed by atoms with Crippen LogP contribution >= 0.6 is 0 Å². The van der Waals surface area contributed by atoms with Crippen LogP contribution in [0.1, 0.15) is 27.1 Å². The molecule has 4 rings (SSSR count). The Kier molecular flexibility index (Phi) is 9.64. The minimum atomic E-state index is -0.308. The van der Waals surface area contributed by atoms with Crippen molar-refractivity contribution in [2.75, 3.05) is 75.8 Å². The lowest BCUT2D eigenvalue weighted by Gasteiger charge is -2.38. The van der Waals surface area contributed by atoms with Crippen LogP contribution in [-0.4, -0.2) is 72.5 Å². The summed E-state index contributed by atoms with van der Waals surface area (Å²) in [5.74, 6) is 0.826. The number of hydrogen-bond acceptors (Lipinski definition) is 7. The van der Waals surface area contributed by atoms with Gasteiger partial charge in [0, 0.05) is 57.8 Å². The number of benzene rings is 3. The van der Waals surface area contributed by atoms with Gasteiger partial charge in [-0.2, -0.15) is 0 Å². The maximum absolute atomic E-state index is 13.3. The number of rotatable bonds is 11. The largest absolute Gasteiger partial charge is 0.496 e. The van der Waals surface area contributed by atoms with Crippen molar-refractivity contribution in [1.82, 2.24) is 5.32 Å². The smallest absolute Gasteiger partial charge is 0.259 e. The average Bonchev–Trinajstić information content (AvgIpc) is 2.99. The molecule has 1 aliphatic heterocycles. The first-order chi connectivity index (χ1) is 19.0. The topological polar surface area (TPSA) is 92.4 Å². The molecule has 1 fully saturated rings. The molecule has 0 bridgehead atoms. The number of carbonyl (C=O) groups is 2. The fourth-order valence-electron chi connectivity index (χ4n) is 4.70. The lowest BCUT2D eigenvalue weighted by molar-refractivity contribution is 0.0947. The Morgan fingerprint density at radius 2 is 1.38 bits per heavy atom. The Morgan fingerprint density at radius 3 is 2.08 bits per heavy atom. The molecule has 2 amide bonds. The van der Waals surface area contributed by atoms with Gasteiger partial charge in [-0.05, 0) is 48.9 Å². The second-order valence-corrected chi connectivity index (χ2v) is 9.13. The molecule has 9 heteroatoms. The van der Waals surface area contributed by atoms with Gasteiger partial charge in [0.2, 0.25) is 0 Å². The molecule has 1 aliphatic rings. The van der Waals surface area contributed by atoms with Gasteiger partial charge >= 0.3 is 0 Å². The first-order valence-corrected chi connectivity index (χ1v) is 13.0. The van der Waals surface area contributed by atoms with Crippen LogP contribution in [0.25, 0.3) is 0 Å². The average molecular weight is 533 g/mol. The quantitative estimate of drug-likeness (QED) is 0.360. The summed E-state index contributed by atoms with van der Waals surface area (Å²) in [5, 5.41) is 5.90. The van der Waals surface area contributed by atoms with Crippen LogP contribution in [-0.2, 0) is 4.74 Å². The molecule has 39 heavy (non-hydrogen) atoms. The number of ether oxygens (including phenoxy) is 3. The number of anilines is 3. The molecule has 0 atom stereocenters. The van der Waals surface area contributed by atoms with Crippen molar-refractivity contribution in [1.29, 1.82) is 0 Å². The fraction of sp³-hybridized carbons (Fsp3) is 0.333. The van der Waals surface area contributed by atoms with Gasteiger partial charge in [0.05, 0.1) is 31.0 Å². The van der Waals surface area contributed by atoms with Crippen molar-refractivity contribution in [3.8, 4) is 11.5 Å². The highest BCUT2D eigenvalue weighted by molar-refractivity contribution is 6.07. The molecule has 9 nitrogen and oxygen atoms in total. The summed E-state index contributed by atoms with van der Waals surface area (Å²) in [4.78, 5) is 30.8. The number of carbonyl (C=O) groups excluding carboxylic acids is 2. The van der Waals surface area contributed by atoms with Crippen molar-refractivity contribution in [3.05, 3.63) is 77.9 Å². The zero-order valence-electron chi connectivity index (χ0n) is 22.7. The Labute approximate surface area is 229 Å². The highest BCUT2D eigenvalue weighted by Gasteiger charge is 2.24. The van der Waals surface area contributed by atoms with E-state index in [-0.39, 0.29) is 11.8 Å². The van der Waals surface area contributed by atoms with Gasteiger partial charge in [-0.25, -0.2) is 0 Å². The van der Waals surface area contributed by atoms with Crippen molar-refractivity contribution in [2.24, 2.45) is 0 Å². The number of nitrogens with one attached hydrogen (secondary N) is 2. The minimum absolute atomic E-state index is 0.193. The highest BCUT2D eigenvalue weighted by Crippen LogP contribution is 2.31. The van der Waals surface area contributed by atoms with Crippen LogP contribution in [0.3, 0.4) is 0 Å². The number of nitrogens with zero attached hydrogens (tertiary/aromatic N) is 2. The second kappa shape index (κ2) is 13.5.